The van der Waals surface area contributed by atoms with Crippen molar-refractivity contribution in [3.05, 3.63) is 62.3 Å². The van der Waals surface area contributed by atoms with Crippen LogP contribution in [0.5, 0.6) is 0 Å². The van der Waals surface area contributed by atoms with Gasteiger partial charge >= 0.3 is 5.69 Å². The molecule has 0 radical (unpaired) electrons. The Morgan fingerprint density at radius 1 is 1.29 bits per heavy atom. The van der Waals surface area contributed by atoms with Gasteiger partial charge < -0.3 is 4.98 Å². The molecule has 2 heterocycles. The number of aromatic nitrogens is 4. The van der Waals surface area contributed by atoms with Crippen molar-refractivity contribution in [2.45, 2.75) is 19.9 Å². The van der Waals surface area contributed by atoms with Crippen LogP contribution >= 0.6 is 0 Å². The molecule has 0 saturated heterocycles. The molecule has 21 heavy (non-hydrogen) atoms. The zero-order valence-electron chi connectivity index (χ0n) is 11.3. The minimum absolute atomic E-state index is 0.253. The van der Waals surface area contributed by atoms with E-state index >= 15 is 0 Å². The van der Waals surface area contributed by atoms with Crippen LogP contribution in [0.4, 0.5) is 4.39 Å². The van der Waals surface area contributed by atoms with Gasteiger partial charge in [-0.05, 0) is 24.6 Å². The second-order valence-corrected chi connectivity index (χ2v) is 4.69. The molecule has 0 aliphatic rings. The molecule has 1 aromatic carbocycles. The first kappa shape index (κ1) is 13.3. The lowest BCUT2D eigenvalue weighted by Gasteiger charge is -2.00. The van der Waals surface area contributed by atoms with Crippen molar-refractivity contribution >= 4 is 11.2 Å². The smallest absolute Gasteiger partial charge is 0.330 e. The average molecular weight is 288 g/mol. The fourth-order valence-electron chi connectivity index (χ4n) is 2.31. The van der Waals surface area contributed by atoms with Gasteiger partial charge in [-0.15, -0.1) is 0 Å². The van der Waals surface area contributed by atoms with E-state index in [0.717, 1.165) is 5.56 Å². The molecular formula is C14H13FN4O2. The van der Waals surface area contributed by atoms with Crippen molar-refractivity contribution < 1.29 is 4.39 Å². The summed E-state index contributed by atoms with van der Waals surface area (Å²) in [4.78, 5) is 32.9. The van der Waals surface area contributed by atoms with Gasteiger partial charge in [0.2, 0.25) is 0 Å². The van der Waals surface area contributed by atoms with Crippen LogP contribution < -0.4 is 11.2 Å². The maximum absolute atomic E-state index is 13.2. The number of H-pyrrole nitrogens is 2. The van der Waals surface area contributed by atoms with Gasteiger partial charge in [-0.1, -0.05) is 12.1 Å². The molecule has 0 aliphatic heterocycles. The highest BCUT2D eigenvalue weighted by atomic mass is 19.1. The predicted molar refractivity (Wildman–Crippen MR) is 75.9 cm³/mol. The van der Waals surface area contributed by atoms with Crippen LogP contribution in [-0.4, -0.2) is 19.5 Å². The monoisotopic (exact) mass is 288 g/mol. The Morgan fingerprint density at radius 2 is 2.10 bits per heavy atom. The molecule has 0 saturated carbocycles. The van der Waals surface area contributed by atoms with Gasteiger partial charge in [-0.25, -0.2) is 14.2 Å². The number of benzene rings is 1. The first-order valence-electron chi connectivity index (χ1n) is 6.54. The number of halogens is 1. The Labute approximate surface area is 118 Å². The van der Waals surface area contributed by atoms with Crippen molar-refractivity contribution in [1.82, 2.24) is 19.5 Å². The van der Waals surface area contributed by atoms with E-state index in [1.807, 2.05) is 0 Å². The van der Waals surface area contributed by atoms with Gasteiger partial charge in [0.15, 0.2) is 5.65 Å². The van der Waals surface area contributed by atoms with Crippen molar-refractivity contribution in [1.29, 1.82) is 0 Å². The Kier molecular flexibility index (Phi) is 3.17. The van der Waals surface area contributed by atoms with Gasteiger partial charge in [0.05, 0.1) is 0 Å². The number of hydrogen-bond acceptors (Lipinski definition) is 3. The second kappa shape index (κ2) is 5.01. The molecule has 6 nitrogen and oxygen atoms in total. The number of aryl methyl sites for hydroxylation is 1. The summed E-state index contributed by atoms with van der Waals surface area (Å²) in [6.45, 7) is 2.19. The molecule has 0 bridgehead atoms. The van der Waals surface area contributed by atoms with Gasteiger partial charge in [-0.2, -0.15) is 0 Å². The first-order valence-corrected chi connectivity index (χ1v) is 6.54. The van der Waals surface area contributed by atoms with Crippen molar-refractivity contribution in [2.24, 2.45) is 0 Å². The van der Waals surface area contributed by atoms with E-state index < -0.39 is 11.2 Å². The van der Waals surface area contributed by atoms with Crippen LogP contribution in [0.15, 0.2) is 33.9 Å². The number of hydrogen-bond donors (Lipinski definition) is 2. The normalized spacial score (nSPS) is 11.1. The summed E-state index contributed by atoms with van der Waals surface area (Å²) in [5.74, 6) is 0.181. The lowest BCUT2D eigenvalue weighted by molar-refractivity contribution is 0.626. The minimum Gasteiger partial charge on any atom is -0.336 e. The molecule has 0 spiro atoms. The molecule has 0 amide bonds. The third-order valence-electron chi connectivity index (χ3n) is 3.26. The minimum atomic E-state index is -0.502. The van der Waals surface area contributed by atoms with E-state index in [-0.39, 0.29) is 11.3 Å². The molecule has 0 fully saturated rings. The van der Waals surface area contributed by atoms with Gasteiger partial charge in [0.25, 0.3) is 5.56 Å². The van der Waals surface area contributed by atoms with E-state index in [9.17, 15) is 14.0 Å². The summed E-state index contributed by atoms with van der Waals surface area (Å²) < 4.78 is 14.6. The van der Waals surface area contributed by atoms with Crippen LogP contribution in [-0.2, 0) is 13.0 Å². The summed E-state index contributed by atoms with van der Waals surface area (Å²) in [6.07, 6.45) is 0.351. The fraction of sp³-hybridized carbons (Fsp3) is 0.214. The molecule has 0 atom stereocenters. The Hall–Kier alpha value is -2.70. The van der Waals surface area contributed by atoms with Crippen molar-refractivity contribution in [3.8, 4) is 0 Å². The van der Waals surface area contributed by atoms with Crippen LogP contribution in [0.25, 0.3) is 11.2 Å². The van der Waals surface area contributed by atoms with E-state index in [1.54, 1.807) is 19.1 Å². The number of rotatable bonds is 3. The molecule has 0 unspecified atom stereocenters. The van der Waals surface area contributed by atoms with Crippen LogP contribution in [0.1, 0.15) is 18.3 Å². The molecular weight excluding hydrogens is 275 g/mol. The SMILES string of the molecule is CCn1c(=O)[nH]c(=O)c2[nH]c(Cc3cccc(F)c3)nc21. The lowest BCUT2D eigenvalue weighted by atomic mass is 10.1. The number of imidazole rings is 1. The second-order valence-electron chi connectivity index (χ2n) is 4.69. The molecule has 2 N–H and O–H groups in total. The van der Waals surface area contributed by atoms with Crippen molar-refractivity contribution in [2.75, 3.05) is 0 Å². The zero-order chi connectivity index (χ0) is 15.0. The number of aromatic amines is 2. The van der Waals surface area contributed by atoms with Crippen LogP contribution in [0.2, 0.25) is 0 Å². The summed E-state index contributed by atoms with van der Waals surface area (Å²) in [7, 11) is 0. The molecule has 3 rings (SSSR count). The average Bonchev–Trinajstić information content (AvgIpc) is 2.83. The van der Waals surface area contributed by atoms with Gasteiger partial charge in [-0.3, -0.25) is 14.3 Å². The molecule has 7 heteroatoms. The highest BCUT2D eigenvalue weighted by molar-refractivity contribution is 5.69. The third-order valence-corrected chi connectivity index (χ3v) is 3.26. The largest absolute Gasteiger partial charge is 0.336 e. The van der Waals surface area contributed by atoms with E-state index in [1.165, 1.54) is 16.7 Å². The quantitative estimate of drug-likeness (QED) is 0.758. The summed E-state index contributed by atoms with van der Waals surface area (Å²) in [6, 6.07) is 6.15. The number of nitrogens with one attached hydrogen (secondary N) is 2. The highest BCUT2D eigenvalue weighted by Crippen LogP contribution is 2.11. The Bertz CT molecular complexity index is 923. The number of nitrogens with zero attached hydrogens (tertiary/aromatic N) is 2. The van der Waals surface area contributed by atoms with E-state index in [2.05, 4.69) is 15.0 Å². The first-order chi connectivity index (χ1) is 10.1. The summed E-state index contributed by atoms with van der Waals surface area (Å²) in [5.41, 5.74) is 0.313. The van der Waals surface area contributed by atoms with Crippen molar-refractivity contribution in [3.63, 3.8) is 0 Å². The Morgan fingerprint density at radius 3 is 2.81 bits per heavy atom. The summed E-state index contributed by atoms with van der Waals surface area (Å²) >= 11 is 0. The molecule has 108 valence electrons. The molecule has 3 aromatic rings. The standard InChI is InChI=1S/C14H13FN4O2/c1-2-19-12-11(13(20)18-14(19)21)16-10(17-12)7-8-4-3-5-9(15)6-8/h3-6H,2,7H2,1H3,(H,16,17)(H,18,20,21). The summed E-state index contributed by atoms with van der Waals surface area (Å²) in [5, 5.41) is 0. The maximum Gasteiger partial charge on any atom is 0.330 e. The predicted octanol–water partition coefficient (Wildman–Crippen LogP) is 1.16. The topological polar surface area (TPSA) is 83.5 Å². The van der Waals surface area contributed by atoms with E-state index in [4.69, 9.17) is 0 Å². The highest BCUT2D eigenvalue weighted by Gasteiger charge is 2.12. The lowest BCUT2D eigenvalue weighted by Crippen LogP contribution is -2.29. The van der Waals surface area contributed by atoms with E-state index in [0.29, 0.717) is 24.4 Å². The maximum atomic E-state index is 13.2. The Balaban J connectivity index is 2.11. The zero-order valence-corrected chi connectivity index (χ0v) is 11.3. The third kappa shape index (κ3) is 2.37. The van der Waals surface area contributed by atoms with Gasteiger partial charge in [0.1, 0.15) is 17.2 Å². The van der Waals surface area contributed by atoms with Crippen LogP contribution in [0, 0.1) is 5.82 Å². The number of fused-ring (bicyclic) bond motifs is 1. The van der Waals surface area contributed by atoms with Crippen LogP contribution in [0.3, 0.4) is 0 Å². The fourth-order valence-corrected chi connectivity index (χ4v) is 2.31. The molecule has 0 aliphatic carbocycles. The van der Waals surface area contributed by atoms with Gasteiger partial charge in [0, 0.05) is 13.0 Å². The molecule has 2 aromatic heterocycles.